The van der Waals surface area contributed by atoms with Crippen LogP contribution in [-0.2, 0) is 6.54 Å². The van der Waals surface area contributed by atoms with Crippen LogP contribution < -0.4 is 0 Å². The molecule has 0 radical (unpaired) electrons. The molecule has 0 saturated carbocycles. The molecule has 1 N–H and O–H groups in total. The minimum Gasteiger partial charge on any atom is -0.395 e. The van der Waals surface area contributed by atoms with E-state index in [0.717, 1.165) is 44.8 Å². The van der Waals surface area contributed by atoms with Gasteiger partial charge in [0, 0.05) is 44.8 Å². The lowest BCUT2D eigenvalue weighted by Crippen LogP contribution is -2.46. The predicted molar refractivity (Wildman–Crippen MR) is 55.3 cm³/mol. The summed E-state index contributed by atoms with van der Waals surface area (Å²) < 4.78 is 4.80. The molecule has 5 heteroatoms. The molecule has 0 atom stereocenters. The summed E-state index contributed by atoms with van der Waals surface area (Å²) in [6.07, 6.45) is 3.46. The maximum absolute atomic E-state index is 8.82. The number of aliphatic hydroxyl groups excluding tert-OH is 1. The fourth-order valence-electron chi connectivity index (χ4n) is 1.88. The number of hydrogen-bond acceptors (Lipinski definition) is 5. The Bertz CT molecular complexity index is 268. The Morgan fingerprint density at radius 2 is 2.00 bits per heavy atom. The lowest BCUT2D eigenvalue weighted by atomic mass is 10.2. The van der Waals surface area contributed by atoms with Crippen molar-refractivity contribution in [3.05, 3.63) is 18.0 Å². The molecule has 1 fully saturated rings. The molecule has 0 bridgehead atoms. The Morgan fingerprint density at radius 1 is 1.27 bits per heavy atom. The summed E-state index contributed by atoms with van der Waals surface area (Å²) >= 11 is 0. The van der Waals surface area contributed by atoms with Crippen LogP contribution in [0.2, 0.25) is 0 Å². The Morgan fingerprint density at radius 3 is 2.60 bits per heavy atom. The third-order valence-corrected chi connectivity index (χ3v) is 2.77. The molecule has 2 heterocycles. The van der Waals surface area contributed by atoms with Crippen molar-refractivity contribution in [3.8, 4) is 0 Å². The van der Waals surface area contributed by atoms with Gasteiger partial charge in [0.25, 0.3) is 0 Å². The van der Waals surface area contributed by atoms with E-state index < -0.39 is 0 Å². The lowest BCUT2D eigenvalue weighted by Gasteiger charge is -2.33. The largest absolute Gasteiger partial charge is 0.395 e. The van der Waals surface area contributed by atoms with Gasteiger partial charge >= 0.3 is 0 Å². The van der Waals surface area contributed by atoms with E-state index in [-0.39, 0.29) is 6.61 Å². The zero-order valence-corrected chi connectivity index (χ0v) is 8.80. The van der Waals surface area contributed by atoms with Crippen molar-refractivity contribution >= 4 is 0 Å². The second-order valence-electron chi connectivity index (χ2n) is 3.87. The van der Waals surface area contributed by atoms with E-state index in [0.29, 0.717) is 0 Å². The van der Waals surface area contributed by atoms with Crippen LogP contribution >= 0.6 is 0 Å². The molecule has 0 amide bonds. The number of hydrogen-bond donors (Lipinski definition) is 1. The first-order valence-corrected chi connectivity index (χ1v) is 5.32. The molecule has 1 aromatic rings. The van der Waals surface area contributed by atoms with Gasteiger partial charge in [0.05, 0.1) is 12.8 Å². The van der Waals surface area contributed by atoms with E-state index in [1.165, 1.54) is 0 Å². The molecular formula is C10H17N3O2. The Balaban J connectivity index is 1.74. The Hall–Kier alpha value is -0.910. The van der Waals surface area contributed by atoms with Crippen molar-refractivity contribution in [2.45, 2.75) is 6.54 Å². The van der Waals surface area contributed by atoms with Crippen LogP contribution in [0.1, 0.15) is 5.56 Å². The second-order valence-corrected chi connectivity index (χ2v) is 3.87. The number of aromatic nitrogens is 1. The van der Waals surface area contributed by atoms with Crippen molar-refractivity contribution < 1.29 is 9.63 Å². The Kier molecular flexibility index (Phi) is 3.71. The standard InChI is InChI=1S/C10H17N3O2/c14-6-5-12-1-3-13(4-2-12)8-10-7-11-15-9-10/h7,9,14H,1-6,8H2. The zero-order chi connectivity index (χ0) is 10.5. The van der Waals surface area contributed by atoms with Crippen molar-refractivity contribution in [2.75, 3.05) is 39.3 Å². The third-order valence-electron chi connectivity index (χ3n) is 2.77. The maximum atomic E-state index is 8.82. The molecule has 1 aromatic heterocycles. The quantitative estimate of drug-likeness (QED) is 0.746. The number of rotatable bonds is 4. The first-order chi connectivity index (χ1) is 7.38. The van der Waals surface area contributed by atoms with E-state index in [2.05, 4.69) is 15.0 Å². The summed E-state index contributed by atoms with van der Waals surface area (Å²) in [7, 11) is 0. The molecule has 84 valence electrons. The minimum atomic E-state index is 0.256. The summed E-state index contributed by atoms with van der Waals surface area (Å²) in [6, 6.07) is 0. The molecule has 0 spiro atoms. The highest BCUT2D eigenvalue weighted by Gasteiger charge is 2.16. The highest BCUT2D eigenvalue weighted by Crippen LogP contribution is 2.07. The smallest absolute Gasteiger partial charge is 0.128 e. The van der Waals surface area contributed by atoms with Crippen molar-refractivity contribution in [2.24, 2.45) is 0 Å². The van der Waals surface area contributed by atoms with Crippen LogP contribution in [0.3, 0.4) is 0 Å². The maximum Gasteiger partial charge on any atom is 0.128 e. The second kappa shape index (κ2) is 5.25. The summed E-state index contributed by atoms with van der Waals surface area (Å²) in [5, 5.41) is 12.5. The van der Waals surface area contributed by atoms with Gasteiger partial charge in [0.15, 0.2) is 0 Å². The summed E-state index contributed by atoms with van der Waals surface area (Å²) in [6.45, 7) is 6.12. The monoisotopic (exact) mass is 211 g/mol. The molecule has 1 aliphatic rings. The molecule has 1 saturated heterocycles. The molecule has 5 nitrogen and oxygen atoms in total. The zero-order valence-electron chi connectivity index (χ0n) is 8.80. The van der Waals surface area contributed by atoms with Gasteiger partial charge in [0.1, 0.15) is 6.26 Å². The van der Waals surface area contributed by atoms with Gasteiger partial charge in [-0.3, -0.25) is 9.80 Å². The minimum absolute atomic E-state index is 0.256. The van der Waals surface area contributed by atoms with Crippen molar-refractivity contribution in [3.63, 3.8) is 0 Å². The third kappa shape index (κ3) is 3.02. The van der Waals surface area contributed by atoms with E-state index in [4.69, 9.17) is 9.63 Å². The molecule has 1 aliphatic heterocycles. The van der Waals surface area contributed by atoms with Crippen molar-refractivity contribution in [1.29, 1.82) is 0 Å². The van der Waals surface area contributed by atoms with Gasteiger partial charge in [-0.1, -0.05) is 5.16 Å². The molecule has 15 heavy (non-hydrogen) atoms. The molecule has 2 rings (SSSR count). The average molecular weight is 211 g/mol. The number of β-amino-alcohol motifs (C(OH)–C–C–N with tert-alkyl or cyclic N) is 1. The predicted octanol–water partition coefficient (Wildman–Crippen LogP) is -0.216. The molecular weight excluding hydrogens is 194 g/mol. The van der Waals surface area contributed by atoms with E-state index >= 15 is 0 Å². The molecule has 0 aliphatic carbocycles. The van der Waals surface area contributed by atoms with Gasteiger partial charge in [-0.25, -0.2) is 0 Å². The van der Waals surface area contributed by atoms with Crippen LogP contribution in [0.15, 0.2) is 17.0 Å². The van der Waals surface area contributed by atoms with Crippen LogP contribution in [0.4, 0.5) is 0 Å². The highest BCUT2D eigenvalue weighted by molar-refractivity contribution is 5.00. The number of piperazine rings is 1. The van der Waals surface area contributed by atoms with E-state index in [1.54, 1.807) is 12.5 Å². The SMILES string of the molecule is OCCN1CCN(Cc2cnoc2)CC1. The lowest BCUT2D eigenvalue weighted by molar-refractivity contribution is 0.108. The Labute approximate surface area is 89.3 Å². The number of nitrogens with zero attached hydrogens (tertiary/aromatic N) is 3. The fraction of sp³-hybridized carbons (Fsp3) is 0.700. The van der Waals surface area contributed by atoms with Gasteiger partial charge in [-0.2, -0.15) is 0 Å². The van der Waals surface area contributed by atoms with Crippen LogP contribution in [0, 0.1) is 0 Å². The summed E-state index contributed by atoms with van der Waals surface area (Å²) in [5.74, 6) is 0. The number of aliphatic hydroxyl groups is 1. The van der Waals surface area contributed by atoms with Crippen molar-refractivity contribution in [1.82, 2.24) is 15.0 Å². The van der Waals surface area contributed by atoms with Gasteiger partial charge in [0.2, 0.25) is 0 Å². The van der Waals surface area contributed by atoms with E-state index in [9.17, 15) is 0 Å². The first-order valence-electron chi connectivity index (χ1n) is 5.32. The average Bonchev–Trinajstić information content (AvgIpc) is 2.74. The van der Waals surface area contributed by atoms with Crippen LogP contribution in [0.25, 0.3) is 0 Å². The highest BCUT2D eigenvalue weighted by atomic mass is 16.5. The van der Waals surface area contributed by atoms with Gasteiger partial charge < -0.3 is 9.63 Å². The molecule has 0 aromatic carbocycles. The van der Waals surface area contributed by atoms with E-state index in [1.807, 2.05) is 0 Å². The van der Waals surface area contributed by atoms with Crippen LogP contribution in [0.5, 0.6) is 0 Å². The fourth-order valence-corrected chi connectivity index (χ4v) is 1.88. The van der Waals surface area contributed by atoms with Gasteiger partial charge in [-0.15, -0.1) is 0 Å². The summed E-state index contributed by atoms with van der Waals surface area (Å²) in [4.78, 5) is 4.66. The molecule has 0 unspecified atom stereocenters. The topological polar surface area (TPSA) is 52.7 Å². The van der Waals surface area contributed by atoms with Gasteiger partial charge in [-0.05, 0) is 0 Å². The first kappa shape index (κ1) is 10.6. The summed E-state index contributed by atoms with van der Waals surface area (Å²) in [5.41, 5.74) is 1.13. The normalized spacial score (nSPS) is 19.5. The van der Waals surface area contributed by atoms with Crippen LogP contribution in [-0.4, -0.2) is 59.4 Å².